The number of nitrogens with one attached hydrogen (secondary N) is 1. The zero-order valence-corrected chi connectivity index (χ0v) is 12.8. The zero-order chi connectivity index (χ0) is 14.9. The number of hydrogen-bond acceptors (Lipinski definition) is 4. The van der Waals surface area contributed by atoms with Crippen molar-refractivity contribution < 1.29 is 9.90 Å². The first kappa shape index (κ1) is 14.5. The molecular formula is C15H18N2O2S. The van der Waals surface area contributed by atoms with Crippen molar-refractivity contribution in [2.75, 3.05) is 5.32 Å². The van der Waals surface area contributed by atoms with Gasteiger partial charge in [-0.25, -0.2) is 4.79 Å². The molecule has 0 saturated heterocycles. The molecule has 4 nitrogen and oxygen atoms in total. The fraction of sp³-hybridized carbons (Fsp3) is 0.333. The summed E-state index contributed by atoms with van der Waals surface area (Å²) in [6, 6.07) is 3.97. The largest absolute Gasteiger partial charge is 0.478 e. The third-order valence-corrected chi connectivity index (χ3v) is 4.17. The van der Waals surface area contributed by atoms with Crippen LogP contribution >= 0.6 is 11.3 Å². The Labute approximate surface area is 122 Å². The van der Waals surface area contributed by atoms with E-state index in [4.69, 9.17) is 0 Å². The molecule has 0 bridgehead atoms. The molecule has 0 aliphatic rings. The summed E-state index contributed by atoms with van der Waals surface area (Å²) in [5.41, 5.74) is 2.81. The molecule has 2 aromatic heterocycles. The van der Waals surface area contributed by atoms with Crippen LogP contribution in [-0.4, -0.2) is 16.1 Å². The molecule has 0 aliphatic heterocycles. The van der Waals surface area contributed by atoms with E-state index in [9.17, 15) is 9.90 Å². The van der Waals surface area contributed by atoms with Crippen molar-refractivity contribution >= 4 is 23.0 Å². The van der Waals surface area contributed by atoms with Crippen molar-refractivity contribution in [1.82, 2.24) is 4.98 Å². The summed E-state index contributed by atoms with van der Waals surface area (Å²) in [5, 5.41) is 12.5. The average molecular weight is 290 g/mol. The Morgan fingerprint density at radius 2 is 2.05 bits per heavy atom. The van der Waals surface area contributed by atoms with Crippen LogP contribution in [0.5, 0.6) is 0 Å². The second kappa shape index (κ2) is 5.63. The van der Waals surface area contributed by atoms with E-state index in [1.807, 2.05) is 13.8 Å². The van der Waals surface area contributed by atoms with Crippen molar-refractivity contribution in [3.63, 3.8) is 0 Å². The molecule has 106 valence electrons. The van der Waals surface area contributed by atoms with Gasteiger partial charge in [-0.1, -0.05) is 0 Å². The molecular weight excluding hydrogens is 272 g/mol. The smallest absolute Gasteiger partial charge is 0.339 e. The molecule has 2 N–H and O–H groups in total. The molecule has 0 amide bonds. The molecule has 20 heavy (non-hydrogen) atoms. The molecule has 0 radical (unpaired) electrons. The van der Waals surface area contributed by atoms with E-state index in [-0.39, 0.29) is 11.6 Å². The summed E-state index contributed by atoms with van der Waals surface area (Å²) in [5.74, 6) is -0.967. The Balaban J connectivity index is 2.32. The number of carboxylic acid groups (broad SMARTS) is 1. The summed E-state index contributed by atoms with van der Waals surface area (Å²) in [4.78, 5) is 17.8. The van der Waals surface area contributed by atoms with Crippen molar-refractivity contribution in [1.29, 1.82) is 0 Å². The van der Waals surface area contributed by atoms with Crippen LogP contribution in [0.4, 0.5) is 5.69 Å². The van der Waals surface area contributed by atoms with Gasteiger partial charge in [0.2, 0.25) is 0 Å². The lowest BCUT2D eigenvalue weighted by atomic mass is 10.1. The highest BCUT2D eigenvalue weighted by Gasteiger charge is 2.16. The SMILES string of the molecule is Cc1cc(NC(C)c2cc(C)sc2C)c(C(=O)O)cn1. The molecule has 0 fully saturated rings. The van der Waals surface area contributed by atoms with E-state index in [1.165, 1.54) is 21.5 Å². The maximum atomic E-state index is 11.2. The monoisotopic (exact) mass is 290 g/mol. The Morgan fingerprint density at radius 3 is 2.60 bits per heavy atom. The number of nitrogens with zero attached hydrogens (tertiary/aromatic N) is 1. The number of pyridine rings is 1. The number of rotatable bonds is 4. The summed E-state index contributed by atoms with van der Waals surface area (Å²) >= 11 is 1.75. The van der Waals surface area contributed by atoms with Gasteiger partial charge < -0.3 is 10.4 Å². The Bertz CT molecular complexity index is 649. The minimum Gasteiger partial charge on any atom is -0.478 e. The maximum absolute atomic E-state index is 11.2. The lowest BCUT2D eigenvalue weighted by Crippen LogP contribution is -2.11. The fourth-order valence-electron chi connectivity index (χ4n) is 2.24. The Kier molecular flexibility index (Phi) is 4.09. The van der Waals surface area contributed by atoms with Crippen LogP contribution in [0.25, 0.3) is 0 Å². The average Bonchev–Trinajstić information content (AvgIpc) is 2.68. The van der Waals surface area contributed by atoms with Gasteiger partial charge >= 0.3 is 5.97 Å². The fourth-order valence-corrected chi connectivity index (χ4v) is 3.26. The van der Waals surface area contributed by atoms with E-state index in [2.05, 4.69) is 30.2 Å². The highest BCUT2D eigenvalue weighted by Crippen LogP contribution is 2.29. The van der Waals surface area contributed by atoms with Crippen LogP contribution in [-0.2, 0) is 0 Å². The van der Waals surface area contributed by atoms with E-state index < -0.39 is 5.97 Å². The first-order chi connectivity index (χ1) is 9.38. The van der Waals surface area contributed by atoms with Gasteiger partial charge in [-0.2, -0.15) is 0 Å². The molecule has 0 aromatic carbocycles. The molecule has 2 aromatic rings. The minimum atomic E-state index is -0.967. The topological polar surface area (TPSA) is 62.2 Å². The molecule has 0 spiro atoms. The van der Waals surface area contributed by atoms with E-state index >= 15 is 0 Å². The zero-order valence-electron chi connectivity index (χ0n) is 12.0. The van der Waals surface area contributed by atoms with Gasteiger partial charge in [-0.15, -0.1) is 11.3 Å². The number of thiophene rings is 1. The van der Waals surface area contributed by atoms with Crippen molar-refractivity contribution in [2.24, 2.45) is 0 Å². The van der Waals surface area contributed by atoms with Crippen molar-refractivity contribution in [3.8, 4) is 0 Å². The van der Waals surface area contributed by atoms with Crippen molar-refractivity contribution in [2.45, 2.75) is 33.7 Å². The summed E-state index contributed by atoms with van der Waals surface area (Å²) in [6.45, 7) is 8.05. The minimum absolute atomic E-state index is 0.0554. The van der Waals surface area contributed by atoms with Gasteiger partial charge in [0.05, 0.1) is 5.69 Å². The van der Waals surface area contributed by atoms with Crippen LogP contribution in [0.15, 0.2) is 18.3 Å². The maximum Gasteiger partial charge on any atom is 0.339 e. The first-order valence-corrected chi connectivity index (χ1v) is 7.23. The van der Waals surface area contributed by atoms with Gasteiger partial charge in [0.25, 0.3) is 0 Å². The highest BCUT2D eigenvalue weighted by atomic mass is 32.1. The van der Waals surface area contributed by atoms with Crippen molar-refractivity contribution in [3.05, 3.63) is 44.9 Å². The first-order valence-electron chi connectivity index (χ1n) is 6.42. The van der Waals surface area contributed by atoms with E-state index in [1.54, 1.807) is 17.4 Å². The molecule has 2 heterocycles. The van der Waals surface area contributed by atoms with Crippen LogP contribution in [0.1, 0.15) is 44.3 Å². The normalized spacial score (nSPS) is 12.2. The molecule has 0 aliphatic carbocycles. The number of aryl methyl sites for hydroxylation is 3. The standard InChI is InChI=1S/C15H18N2O2S/c1-8-5-14(13(7-16-8)15(18)19)17-10(3)12-6-9(2)20-11(12)4/h5-7,10H,1-4H3,(H,16,17)(H,18,19). The summed E-state index contributed by atoms with van der Waals surface area (Å²) in [7, 11) is 0. The molecule has 5 heteroatoms. The summed E-state index contributed by atoms with van der Waals surface area (Å²) in [6.07, 6.45) is 1.40. The Hall–Kier alpha value is -1.88. The molecule has 0 saturated carbocycles. The van der Waals surface area contributed by atoms with Crippen LogP contribution in [0.3, 0.4) is 0 Å². The number of carbonyl (C=O) groups is 1. The second-order valence-corrected chi connectivity index (χ2v) is 6.37. The number of carboxylic acids is 1. The number of hydrogen-bond donors (Lipinski definition) is 2. The van der Waals surface area contributed by atoms with E-state index in [0.717, 1.165) is 5.69 Å². The number of aromatic nitrogens is 1. The van der Waals surface area contributed by atoms with E-state index in [0.29, 0.717) is 5.69 Å². The van der Waals surface area contributed by atoms with Gasteiger partial charge in [0.1, 0.15) is 5.56 Å². The molecule has 1 atom stereocenters. The van der Waals surface area contributed by atoms with Gasteiger partial charge in [-0.3, -0.25) is 4.98 Å². The lowest BCUT2D eigenvalue weighted by Gasteiger charge is -2.17. The second-order valence-electron chi connectivity index (χ2n) is 4.91. The number of aromatic carboxylic acids is 1. The van der Waals surface area contributed by atoms with Gasteiger partial charge in [0.15, 0.2) is 0 Å². The Morgan fingerprint density at radius 1 is 1.35 bits per heavy atom. The van der Waals surface area contributed by atoms with Crippen LogP contribution in [0.2, 0.25) is 0 Å². The van der Waals surface area contributed by atoms with Gasteiger partial charge in [0, 0.05) is 27.7 Å². The molecule has 2 rings (SSSR count). The lowest BCUT2D eigenvalue weighted by molar-refractivity contribution is 0.0697. The van der Waals surface area contributed by atoms with Gasteiger partial charge in [-0.05, 0) is 45.4 Å². The van der Waals surface area contributed by atoms with Crippen LogP contribution < -0.4 is 5.32 Å². The molecule has 1 unspecified atom stereocenters. The third-order valence-electron chi connectivity index (χ3n) is 3.19. The quantitative estimate of drug-likeness (QED) is 0.895. The third kappa shape index (κ3) is 2.99. The highest BCUT2D eigenvalue weighted by molar-refractivity contribution is 7.12. The van der Waals surface area contributed by atoms with Crippen LogP contribution in [0, 0.1) is 20.8 Å². The number of anilines is 1. The summed E-state index contributed by atoms with van der Waals surface area (Å²) < 4.78 is 0. The predicted molar refractivity (Wildman–Crippen MR) is 81.8 cm³/mol. The predicted octanol–water partition coefficient (Wildman–Crippen LogP) is 3.94.